The Morgan fingerprint density at radius 1 is 1.32 bits per heavy atom. The minimum atomic E-state index is -1.07. The molecule has 0 radical (unpaired) electrons. The smallest absolute Gasteiger partial charge is 0.337 e. The predicted octanol–water partition coefficient (Wildman–Crippen LogP) is 3.83. The molecule has 2 aromatic rings. The first-order valence-corrected chi connectivity index (χ1v) is 6.34. The van der Waals surface area contributed by atoms with Crippen LogP contribution in [-0.2, 0) is 0 Å². The number of aromatic carboxylic acids is 1. The molecular formula is C14H12BrNO3. The van der Waals surface area contributed by atoms with Gasteiger partial charge >= 0.3 is 5.97 Å². The molecule has 0 amide bonds. The van der Waals surface area contributed by atoms with Crippen LogP contribution >= 0.6 is 15.9 Å². The number of ether oxygens (including phenoxy) is 1. The van der Waals surface area contributed by atoms with Gasteiger partial charge in [-0.05, 0) is 52.7 Å². The Labute approximate surface area is 118 Å². The highest BCUT2D eigenvalue weighted by atomic mass is 79.9. The van der Waals surface area contributed by atoms with E-state index in [0.717, 1.165) is 4.47 Å². The van der Waals surface area contributed by atoms with E-state index in [1.165, 1.54) is 6.07 Å². The summed E-state index contributed by atoms with van der Waals surface area (Å²) < 4.78 is 6.46. The minimum absolute atomic E-state index is 0.0436. The standard InChI is InChI=1S/C14H12BrNO3/c1-8-6-9(7-10(13(8)16)14(17)18)19-12-5-3-2-4-11(12)15/h2-7H,16H2,1H3,(H,17,18). The van der Waals surface area contributed by atoms with E-state index in [1.807, 2.05) is 18.2 Å². The van der Waals surface area contributed by atoms with Crippen molar-refractivity contribution in [3.8, 4) is 11.5 Å². The van der Waals surface area contributed by atoms with Crippen molar-refractivity contribution in [3.05, 3.63) is 52.0 Å². The lowest BCUT2D eigenvalue weighted by molar-refractivity contribution is 0.0697. The second-order valence-electron chi connectivity index (χ2n) is 4.04. The number of rotatable bonds is 3. The van der Waals surface area contributed by atoms with Gasteiger partial charge in [-0.3, -0.25) is 0 Å². The summed E-state index contributed by atoms with van der Waals surface area (Å²) in [7, 11) is 0. The Morgan fingerprint density at radius 2 is 2.00 bits per heavy atom. The lowest BCUT2D eigenvalue weighted by Gasteiger charge is -2.11. The van der Waals surface area contributed by atoms with Crippen LogP contribution in [-0.4, -0.2) is 11.1 Å². The van der Waals surface area contributed by atoms with E-state index in [4.69, 9.17) is 15.6 Å². The Kier molecular flexibility index (Phi) is 3.76. The van der Waals surface area contributed by atoms with Crippen LogP contribution in [0.1, 0.15) is 15.9 Å². The van der Waals surface area contributed by atoms with Crippen LogP contribution in [0.25, 0.3) is 0 Å². The maximum absolute atomic E-state index is 11.1. The van der Waals surface area contributed by atoms with E-state index in [1.54, 1.807) is 19.1 Å². The number of anilines is 1. The lowest BCUT2D eigenvalue weighted by atomic mass is 10.1. The topological polar surface area (TPSA) is 72.5 Å². The maximum atomic E-state index is 11.1. The number of para-hydroxylation sites is 1. The van der Waals surface area contributed by atoms with Crippen LogP contribution in [0.5, 0.6) is 11.5 Å². The zero-order valence-electron chi connectivity index (χ0n) is 10.2. The Morgan fingerprint density at radius 3 is 2.63 bits per heavy atom. The zero-order chi connectivity index (χ0) is 14.0. The fraction of sp³-hybridized carbons (Fsp3) is 0.0714. The molecule has 19 heavy (non-hydrogen) atoms. The van der Waals surface area contributed by atoms with Gasteiger partial charge in [0.15, 0.2) is 0 Å². The van der Waals surface area contributed by atoms with Crippen molar-refractivity contribution in [2.75, 3.05) is 5.73 Å². The fourth-order valence-corrected chi connectivity index (χ4v) is 2.02. The van der Waals surface area contributed by atoms with Crippen molar-refractivity contribution in [2.24, 2.45) is 0 Å². The Bertz CT molecular complexity index is 641. The minimum Gasteiger partial charge on any atom is -0.478 e. The van der Waals surface area contributed by atoms with Crippen molar-refractivity contribution in [3.63, 3.8) is 0 Å². The van der Waals surface area contributed by atoms with Gasteiger partial charge in [-0.25, -0.2) is 4.79 Å². The molecule has 0 saturated heterocycles. The fourth-order valence-electron chi connectivity index (χ4n) is 1.66. The lowest BCUT2D eigenvalue weighted by Crippen LogP contribution is -2.04. The quantitative estimate of drug-likeness (QED) is 0.843. The van der Waals surface area contributed by atoms with E-state index >= 15 is 0 Å². The van der Waals surface area contributed by atoms with Gasteiger partial charge in [0.2, 0.25) is 0 Å². The number of aryl methyl sites for hydroxylation is 1. The van der Waals surface area contributed by atoms with Crippen molar-refractivity contribution < 1.29 is 14.6 Å². The van der Waals surface area contributed by atoms with Gasteiger partial charge in [0.1, 0.15) is 11.5 Å². The normalized spacial score (nSPS) is 10.2. The SMILES string of the molecule is Cc1cc(Oc2ccccc2Br)cc(C(=O)O)c1N. The molecule has 98 valence electrons. The molecule has 0 saturated carbocycles. The number of carbonyl (C=O) groups is 1. The summed E-state index contributed by atoms with van der Waals surface area (Å²) in [4.78, 5) is 11.1. The third-order valence-corrected chi connectivity index (χ3v) is 3.31. The number of halogens is 1. The summed E-state index contributed by atoms with van der Waals surface area (Å²) in [6, 6.07) is 10.5. The van der Waals surface area contributed by atoms with Crippen molar-refractivity contribution in [1.82, 2.24) is 0 Å². The molecule has 0 fully saturated rings. The molecule has 0 aliphatic rings. The molecule has 0 aliphatic carbocycles. The maximum Gasteiger partial charge on any atom is 0.337 e. The van der Waals surface area contributed by atoms with E-state index in [0.29, 0.717) is 17.1 Å². The first-order valence-electron chi connectivity index (χ1n) is 5.55. The Balaban J connectivity index is 2.42. The highest BCUT2D eigenvalue weighted by Crippen LogP contribution is 2.32. The summed E-state index contributed by atoms with van der Waals surface area (Å²) in [5.74, 6) is -0.0165. The number of hydrogen-bond acceptors (Lipinski definition) is 3. The van der Waals surface area contributed by atoms with Gasteiger partial charge in [-0.2, -0.15) is 0 Å². The average Bonchev–Trinajstić information content (AvgIpc) is 2.36. The van der Waals surface area contributed by atoms with E-state index in [9.17, 15) is 4.79 Å². The number of nitrogen functional groups attached to an aromatic ring is 1. The van der Waals surface area contributed by atoms with Crippen LogP contribution < -0.4 is 10.5 Å². The van der Waals surface area contributed by atoms with Gasteiger partial charge < -0.3 is 15.6 Å². The summed E-state index contributed by atoms with van der Waals surface area (Å²) in [6.45, 7) is 1.74. The third kappa shape index (κ3) is 2.88. The van der Waals surface area contributed by atoms with Crippen LogP contribution in [0.15, 0.2) is 40.9 Å². The number of benzene rings is 2. The molecule has 0 bridgehead atoms. The molecule has 0 aliphatic heterocycles. The summed E-state index contributed by atoms with van der Waals surface area (Å²) in [6.07, 6.45) is 0. The molecule has 0 atom stereocenters. The van der Waals surface area contributed by atoms with Gasteiger partial charge in [-0.1, -0.05) is 12.1 Å². The van der Waals surface area contributed by atoms with Gasteiger partial charge in [0, 0.05) is 5.69 Å². The predicted molar refractivity (Wildman–Crippen MR) is 76.8 cm³/mol. The first kappa shape index (κ1) is 13.4. The zero-order valence-corrected chi connectivity index (χ0v) is 11.8. The van der Waals surface area contributed by atoms with E-state index in [-0.39, 0.29) is 11.3 Å². The van der Waals surface area contributed by atoms with Crippen LogP contribution in [0, 0.1) is 6.92 Å². The molecule has 3 N–H and O–H groups in total. The van der Waals surface area contributed by atoms with Gasteiger partial charge in [-0.15, -0.1) is 0 Å². The highest BCUT2D eigenvalue weighted by molar-refractivity contribution is 9.10. The summed E-state index contributed by atoms with van der Waals surface area (Å²) in [5.41, 5.74) is 6.70. The second-order valence-corrected chi connectivity index (χ2v) is 4.89. The third-order valence-electron chi connectivity index (χ3n) is 2.66. The van der Waals surface area contributed by atoms with Gasteiger partial charge in [0.25, 0.3) is 0 Å². The molecule has 2 aromatic carbocycles. The van der Waals surface area contributed by atoms with Crippen LogP contribution in [0.2, 0.25) is 0 Å². The molecular weight excluding hydrogens is 310 g/mol. The van der Waals surface area contributed by atoms with E-state index in [2.05, 4.69) is 15.9 Å². The summed E-state index contributed by atoms with van der Waals surface area (Å²) >= 11 is 3.37. The van der Waals surface area contributed by atoms with Crippen LogP contribution in [0.3, 0.4) is 0 Å². The second kappa shape index (κ2) is 5.32. The first-order chi connectivity index (χ1) is 8.99. The molecule has 4 nitrogen and oxygen atoms in total. The van der Waals surface area contributed by atoms with E-state index < -0.39 is 5.97 Å². The molecule has 0 aromatic heterocycles. The molecule has 0 unspecified atom stereocenters. The molecule has 0 heterocycles. The number of hydrogen-bond donors (Lipinski definition) is 2. The van der Waals surface area contributed by atoms with Crippen molar-refractivity contribution >= 4 is 27.6 Å². The molecule has 5 heteroatoms. The van der Waals surface area contributed by atoms with Crippen LogP contribution in [0.4, 0.5) is 5.69 Å². The highest BCUT2D eigenvalue weighted by Gasteiger charge is 2.13. The summed E-state index contributed by atoms with van der Waals surface area (Å²) in [5, 5.41) is 9.09. The monoisotopic (exact) mass is 321 g/mol. The largest absolute Gasteiger partial charge is 0.478 e. The van der Waals surface area contributed by atoms with Crippen molar-refractivity contribution in [2.45, 2.75) is 6.92 Å². The number of carboxylic acid groups (broad SMARTS) is 1. The average molecular weight is 322 g/mol. The number of nitrogens with two attached hydrogens (primary N) is 1. The molecule has 2 rings (SSSR count). The van der Waals surface area contributed by atoms with Gasteiger partial charge in [0.05, 0.1) is 10.0 Å². The Hall–Kier alpha value is -2.01. The molecule has 0 spiro atoms. The number of carboxylic acids is 1. The van der Waals surface area contributed by atoms with Crippen molar-refractivity contribution in [1.29, 1.82) is 0 Å².